The van der Waals surface area contributed by atoms with E-state index in [1.54, 1.807) is 13.8 Å². The Labute approximate surface area is 203 Å². The van der Waals surface area contributed by atoms with Crippen molar-refractivity contribution in [2.45, 2.75) is 83.1 Å². The smallest absolute Gasteiger partial charge is 0.261 e. The number of hydrogen-bond donors (Lipinski definition) is 1. The summed E-state index contributed by atoms with van der Waals surface area (Å²) in [5.41, 5.74) is -1.61. The number of nitrogens with zero attached hydrogens (tertiary/aromatic N) is 1. The Morgan fingerprint density at radius 1 is 1.00 bits per heavy atom. The normalized spacial score (nSPS) is 21.9. The van der Waals surface area contributed by atoms with Crippen molar-refractivity contribution in [2.75, 3.05) is 6.61 Å². The van der Waals surface area contributed by atoms with E-state index in [1.165, 1.54) is 13.8 Å². The van der Waals surface area contributed by atoms with Crippen LogP contribution in [0.25, 0.3) is 0 Å². The molecule has 1 aliphatic heterocycles. The van der Waals surface area contributed by atoms with Gasteiger partial charge in [-0.15, -0.1) is 0 Å². The van der Waals surface area contributed by atoms with Crippen molar-refractivity contribution < 1.29 is 23.9 Å². The third-order valence-corrected chi connectivity index (χ3v) is 11.6. The standard InChI is InChI=1S/C26H37NO6Si/c1-24(2,3)34(19-14-10-8-11-15-19,20-16-12-9-13-17-20)31-18-21-22(33-26(6,7)32-21)23(28)25(4,5)27(29)30/h8-17,21-23,28H,18H2,1-7H3/t21-,22-,23-/m1/s1. The summed E-state index contributed by atoms with van der Waals surface area (Å²) in [6.07, 6.45) is -2.96. The van der Waals surface area contributed by atoms with E-state index in [-0.39, 0.29) is 11.6 Å². The Bertz CT molecular complexity index is 934. The van der Waals surface area contributed by atoms with Crippen molar-refractivity contribution >= 4 is 18.7 Å². The molecular formula is C26H37NO6Si. The van der Waals surface area contributed by atoms with Crippen molar-refractivity contribution in [2.24, 2.45) is 0 Å². The lowest BCUT2D eigenvalue weighted by Gasteiger charge is -2.43. The molecule has 1 heterocycles. The minimum Gasteiger partial charge on any atom is -0.405 e. The number of ether oxygens (including phenoxy) is 2. The van der Waals surface area contributed by atoms with E-state index in [1.807, 2.05) is 36.4 Å². The second-order valence-corrected chi connectivity index (χ2v) is 15.3. The van der Waals surface area contributed by atoms with E-state index in [2.05, 4.69) is 45.0 Å². The Balaban J connectivity index is 2.03. The molecule has 7 nitrogen and oxygen atoms in total. The van der Waals surface area contributed by atoms with E-state index in [4.69, 9.17) is 13.9 Å². The zero-order valence-electron chi connectivity index (χ0n) is 21.1. The highest BCUT2D eigenvalue weighted by atomic mass is 28.4. The molecule has 186 valence electrons. The molecule has 1 fully saturated rings. The minimum atomic E-state index is -2.85. The van der Waals surface area contributed by atoms with Gasteiger partial charge in [0, 0.05) is 18.8 Å². The molecule has 8 heteroatoms. The van der Waals surface area contributed by atoms with Crippen molar-refractivity contribution in [1.29, 1.82) is 0 Å². The highest BCUT2D eigenvalue weighted by Gasteiger charge is 2.56. The quantitative estimate of drug-likeness (QED) is 0.348. The zero-order valence-corrected chi connectivity index (χ0v) is 22.1. The molecule has 2 aromatic rings. The molecule has 0 unspecified atom stereocenters. The maximum atomic E-state index is 11.6. The van der Waals surface area contributed by atoms with Gasteiger partial charge < -0.3 is 19.0 Å². The molecule has 0 radical (unpaired) electrons. The maximum absolute atomic E-state index is 11.6. The van der Waals surface area contributed by atoms with E-state index in [9.17, 15) is 15.2 Å². The molecule has 3 atom stereocenters. The molecule has 2 aromatic carbocycles. The average molecular weight is 488 g/mol. The molecule has 0 aromatic heterocycles. The van der Waals surface area contributed by atoms with Gasteiger partial charge in [-0.2, -0.15) is 0 Å². The minimum absolute atomic E-state index is 0.131. The molecule has 1 N–H and O–H groups in total. The van der Waals surface area contributed by atoms with Gasteiger partial charge in [0.25, 0.3) is 8.32 Å². The molecule has 1 saturated heterocycles. The SMILES string of the molecule is CC1(C)O[C@@H]([C@@H](O)C(C)(C)[N+](=O)[O-])[C@@H](CO[Si](c2ccccc2)(c2ccccc2)C(C)(C)C)O1. The lowest BCUT2D eigenvalue weighted by atomic mass is 9.91. The monoisotopic (exact) mass is 487 g/mol. The van der Waals surface area contributed by atoms with Crippen LogP contribution in [0.5, 0.6) is 0 Å². The Morgan fingerprint density at radius 2 is 1.47 bits per heavy atom. The first kappa shape index (κ1) is 26.5. The Morgan fingerprint density at radius 3 is 1.88 bits per heavy atom. The fraction of sp³-hybridized carbons (Fsp3) is 0.538. The maximum Gasteiger partial charge on any atom is 0.261 e. The number of rotatable bonds is 8. The largest absolute Gasteiger partial charge is 0.405 e. The molecule has 0 amide bonds. The fourth-order valence-corrected chi connectivity index (χ4v) is 9.31. The summed E-state index contributed by atoms with van der Waals surface area (Å²) in [7, 11) is -2.85. The second kappa shape index (κ2) is 9.51. The van der Waals surface area contributed by atoms with E-state index >= 15 is 0 Å². The fourth-order valence-electron chi connectivity index (χ4n) is 4.74. The lowest BCUT2D eigenvalue weighted by molar-refractivity contribution is -0.576. The summed E-state index contributed by atoms with van der Waals surface area (Å²) < 4.78 is 19.1. The number of benzene rings is 2. The second-order valence-electron chi connectivity index (χ2n) is 11.0. The van der Waals surface area contributed by atoms with Gasteiger partial charge in [0.15, 0.2) is 11.9 Å². The summed E-state index contributed by atoms with van der Waals surface area (Å²) in [4.78, 5) is 11.2. The summed E-state index contributed by atoms with van der Waals surface area (Å²) in [5.74, 6) is -1.00. The van der Waals surface area contributed by atoms with Gasteiger partial charge in [-0.1, -0.05) is 81.4 Å². The van der Waals surface area contributed by atoms with Crippen LogP contribution in [0.1, 0.15) is 48.5 Å². The number of aliphatic hydroxyl groups is 1. The summed E-state index contributed by atoms with van der Waals surface area (Å²) in [5, 5.41) is 24.6. The molecule has 34 heavy (non-hydrogen) atoms. The summed E-state index contributed by atoms with van der Waals surface area (Å²) in [6, 6.07) is 20.4. The van der Waals surface area contributed by atoms with Crippen LogP contribution in [0.2, 0.25) is 5.04 Å². The van der Waals surface area contributed by atoms with Gasteiger partial charge >= 0.3 is 0 Å². The zero-order chi connectivity index (χ0) is 25.4. The molecule has 1 aliphatic rings. The van der Waals surface area contributed by atoms with Crippen molar-refractivity contribution in [3.05, 3.63) is 70.8 Å². The van der Waals surface area contributed by atoms with Gasteiger partial charge in [0.2, 0.25) is 5.54 Å². The van der Waals surface area contributed by atoms with E-state index in [0.29, 0.717) is 0 Å². The van der Waals surface area contributed by atoms with Gasteiger partial charge in [0.05, 0.1) is 6.61 Å². The third-order valence-electron chi connectivity index (χ3n) is 6.61. The first-order valence-electron chi connectivity index (χ1n) is 11.7. The Kier molecular flexibility index (Phi) is 7.41. The average Bonchev–Trinajstić information content (AvgIpc) is 3.08. The first-order valence-corrected chi connectivity index (χ1v) is 13.6. The van der Waals surface area contributed by atoms with Gasteiger partial charge in [-0.25, -0.2) is 0 Å². The molecule has 0 saturated carbocycles. The molecule has 0 spiro atoms. The van der Waals surface area contributed by atoms with E-state index in [0.717, 1.165) is 10.4 Å². The van der Waals surface area contributed by atoms with Gasteiger partial charge in [-0.05, 0) is 29.3 Å². The van der Waals surface area contributed by atoms with Crippen LogP contribution in [0.4, 0.5) is 0 Å². The highest BCUT2D eigenvalue weighted by molar-refractivity contribution is 6.99. The van der Waals surface area contributed by atoms with Gasteiger partial charge in [-0.3, -0.25) is 10.1 Å². The summed E-state index contributed by atoms with van der Waals surface area (Å²) >= 11 is 0. The summed E-state index contributed by atoms with van der Waals surface area (Å²) in [6.45, 7) is 12.9. The van der Waals surface area contributed by atoms with Crippen LogP contribution >= 0.6 is 0 Å². The number of hydrogen-bond acceptors (Lipinski definition) is 6. The topological polar surface area (TPSA) is 91.1 Å². The van der Waals surface area contributed by atoms with Crippen LogP contribution in [-0.4, -0.2) is 54.6 Å². The van der Waals surface area contributed by atoms with Crippen LogP contribution < -0.4 is 10.4 Å². The molecule has 3 rings (SSSR count). The van der Waals surface area contributed by atoms with Crippen LogP contribution in [0, 0.1) is 10.1 Å². The van der Waals surface area contributed by atoms with Crippen molar-refractivity contribution in [3.63, 3.8) is 0 Å². The predicted octanol–water partition coefficient (Wildman–Crippen LogP) is 3.50. The lowest BCUT2D eigenvalue weighted by Crippen LogP contribution is -2.67. The van der Waals surface area contributed by atoms with Gasteiger partial charge in [0.1, 0.15) is 12.2 Å². The molecule has 0 bridgehead atoms. The van der Waals surface area contributed by atoms with E-state index < -0.39 is 42.9 Å². The number of aliphatic hydroxyl groups excluding tert-OH is 1. The van der Waals surface area contributed by atoms with Crippen LogP contribution in [0.3, 0.4) is 0 Å². The molecular weight excluding hydrogens is 450 g/mol. The van der Waals surface area contributed by atoms with Crippen molar-refractivity contribution in [1.82, 2.24) is 0 Å². The van der Waals surface area contributed by atoms with Crippen LogP contribution in [-0.2, 0) is 13.9 Å². The first-order chi connectivity index (χ1) is 15.7. The van der Waals surface area contributed by atoms with Crippen LogP contribution in [0.15, 0.2) is 60.7 Å². The Hall–Kier alpha value is -2.10. The third kappa shape index (κ3) is 4.97. The highest BCUT2D eigenvalue weighted by Crippen LogP contribution is 2.39. The molecule has 0 aliphatic carbocycles. The number of nitro groups is 1. The predicted molar refractivity (Wildman–Crippen MR) is 134 cm³/mol. The van der Waals surface area contributed by atoms with Crippen molar-refractivity contribution in [3.8, 4) is 0 Å².